The van der Waals surface area contributed by atoms with Gasteiger partial charge in [-0.15, -0.1) is 0 Å². The predicted octanol–water partition coefficient (Wildman–Crippen LogP) is 6.43. The maximum Gasteiger partial charge on any atom is 0.264 e. The maximum absolute atomic E-state index is 14.1. The van der Waals surface area contributed by atoms with Crippen molar-refractivity contribution in [3.05, 3.63) is 87.4 Å². The molecule has 0 spiro atoms. The highest BCUT2D eigenvalue weighted by atomic mass is 35.5. The lowest BCUT2D eigenvalue weighted by atomic mass is 10.1. The Kier molecular flexibility index (Phi) is 11.9. The molecule has 0 saturated carbocycles. The van der Waals surface area contributed by atoms with E-state index in [1.807, 2.05) is 13.8 Å². The highest BCUT2D eigenvalue weighted by molar-refractivity contribution is 7.92. The van der Waals surface area contributed by atoms with Crippen molar-refractivity contribution in [1.82, 2.24) is 10.2 Å². The highest BCUT2D eigenvalue weighted by Gasteiger charge is 2.33. The number of nitrogens with one attached hydrogen (secondary N) is 1. The number of halogens is 3. The number of rotatable bonds is 13. The molecule has 0 aliphatic carbocycles. The molecule has 0 radical (unpaired) electrons. The molecule has 3 rings (SSSR count). The van der Waals surface area contributed by atoms with E-state index in [-0.39, 0.29) is 29.0 Å². The Balaban J connectivity index is 2.06. The molecular formula is C30H34Cl3N3O5S. The standard InChI is InChI=1S/C30H34Cl3N3O5S/c1-5-28(30(38)34-17-20(2)3)35(18-21-6-15-26(32)27(33)16-21)29(37)19-36(23-9-7-22(31)8-10-23)42(39,40)25-13-11-24(41-4)12-14-25/h6-16,20,28H,5,17-19H2,1-4H3,(H,34,38)/t28-/m0/s1. The van der Waals surface area contributed by atoms with E-state index < -0.39 is 28.5 Å². The van der Waals surface area contributed by atoms with Gasteiger partial charge >= 0.3 is 0 Å². The van der Waals surface area contributed by atoms with Gasteiger partial charge in [-0.1, -0.05) is 61.6 Å². The molecule has 3 aromatic carbocycles. The fraction of sp³-hybridized carbons (Fsp3) is 0.333. The third-order valence-corrected chi connectivity index (χ3v) is 9.23. The van der Waals surface area contributed by atoms with E-state index in [4.69, 9.17) is 39.5 Å². The first-order chi connectivity index (χ1) is 19.9. The smallest absolute Gasteiger partial charge is 0.264 e. The third-order valence-electron chi connectivity index (χ3n) is 6.45. The molecular weight excluding hydrogens is 621 g/mol. The predicted molar refractivity (Wildman–Crippen MR) is 168 cm³/mol. The summed E-state index contributed by atoms with van der Waals surface area (Å²) >= 11 is 18.4. The van der Waals surface area contributed by atoms with Gasteiger partial charge in [0.05, 0.1) is 27.7 Å². The summed E-state index contributed by atoms with van der Waals surface area (Å²) in [5.74, 6) is -0.245. The van der Waals surface area contributed by atoms with Crippen molar-refractivity contribution in [2.75, 3.05) is 24.5 Å². The minimum Gasteiger partial charge on any atom is -0.497 e. The molecule has 1 atom stereocenters. The number of hydrogen-bond donors (Lipinski definition) is 1. The molecule has 0 saturated heterocycles. The van der Waals surface area contributed by atoms with Crippen LogP contribution in [0.2, 0.25) is 15.1 Å². The Morgan fingerprint density at radius 1 is 0.929 bits per heavy atom. The molecule has 1 N–H and O–H groups in total. The lowest BCUT2D eigenvalue weighted by molar-refractivity contribution is -0.140. The Bertz CT molecular complexity index is 1480. The van der Waals surface area contributed by atoms with E-state index in [1.165, 1.54) is 48.4 Å². The van der Waals surface area contributed by atoms with Gasteiger partial charge in [0.15, 0.2) is 0 Å². The van der Waals surface area contributed by atoms with Gasteiger partial charge < -0.3 is 15.0 Å². The van der Waals surface area contributed by atoms with Crippen LogP contribution in [0, 0.1) is 5.92 Å². The van der Waals surface area contributed by atoms with Crippen LogP contribution in [0.1, 0.15) is 32.8 Å². The molecule has 0 heterocycles. The van der Waals surface area contributed by atoms with E-state index >= 15 is 0 Å². The Morgan fingerprint density at radius 3 is 2.12 bits per heavy atom. The van der Waals surface area contributed by atoms with Crippen molar-refractivity contribution in [2.45, 2.75) is 44.7 Å². The van der Waals surface area contributed by atoms with Gasteiger partial charge in [-0.3, -0.25) is 13.9 Å². The molecule has 226 valence electrons. The molecule has 3 aromatic rings. The fourth-order valence-electron chi connectivity index (χ4n) is 4.19. The lowest BCUT2D eigenvalue weighted by Gasteiger charge is -2.33. The molecule has 0 aliphatic heterocycles. The van der Waals surface area contributed by atoms with E-state index in [0.29, 0.717) is 39.3 Å². The normalized spacial score (nSPS) is 12.1. The molecule has 2 amide bonds. The quantitative estimate of drug-likeness (QED) is 0.229. The monoisotopic (exact) mass is 653 g/mol. The van der Waals surface area contributed by atoms with Crippen LogP contribution in [-0.2, 0) is 26.2 Å². The summed E-state index contributed by atoms with van der Waals surface area (Å²) < 4.78 is 34.0. The van der Waals surface area contributed by atoms with Crippen molar-refractivity contribution in [1.29, 1.82) is 0 Å². The Labute approximate surface area is 262 Å². The van der Waals surface area contributed by atoms with Crippen molar-refractivity contribution in [2.24, 2.45) is 5.92 Å². The number of benzene rings is 3. The van der Waals surface area contributed by atoms with Crippen LogP contribution in [0.5, 0.6) is 5.75 Å². The van der Waals surface area contributed by atoms with E-state index in [9.17, 15) is 18.0 Å². The van der Waals surface area contributed by atoms with Gasteiger partial charge in [0.1, 0.15) is 18.3 Å². The lowest BCUT2D eigenvalue weighted by Crippen LogP contribution is -2.52. The van der Waals surface area contributed by atoms with E-state index in [2.05, 4.69) is 5.32 Å². The summed E-state index contributed by atoms with van der Waals surface area (Å²) in [4.78, 5) is 28.7. The summed E-state index contributed by atoms with van der Waals surface area (Å²) in [7, 11) is -2.75. The first-order valence-electron chi connectivity index (χ1n) is 13.3. The van der Waals surface area contributed by atoms with Crippen molar-refractivity contribution in [3.8, 4) is 5.75 Å². The maximum atomic E-state index is 14.1. The van der Waals surface area contributed by atoms with E-state index in [1.54, 1.807) is 37.3 Å². The van der Waals surface area contributed by atoms with Crippen LogP contribution in [0.15, 0.2) is 71.6 Å². The topological polar surface area (TPSA) is 96.0 Å². The van der Waals surface area contributed by atoms with Crippen LogP contribution < -0.4 is 14.4 Å². The van der Waals surface area contributed by atoms with Crippen molar-refractivity contribution < 1.29 is 22.7 Å². The zero-order valence-electron chi connectivity index (χ0n) is 23.8. The van der Waals surface area contributed by atoms with Gasteiger partial charge in [-0.2, -0.15) is 0 Å². The highest BCUT2D eigenvalue weighted by Crippen LogP contribution is 2.28. The van der Waals surface area contributed by atoms with Gasteiger partial charge in [0, 0.05) is 18.1 Å². The van der Waals surface area contributed by atoms with Crippen LogP contribution >= 0.6 is 34.8 Å². The molecule has 8 nitrogen and oxygen atoms in total. The van der Waals surface area contributed by atoms with Crippen LogP contribution in [0.25, 0.3) is 0 Å². The van der Waals surface area contributed by atoms with Crippen molar-refractivity contribution >= 4 is 62.3 Å². The molecule has 0 bridgehead atoms. The van der Waals surface area contributed by atoms with Gasteiger partial charge in [0.25, 0.3) is 10.0 Å². The number of methoxy groups -OCH3 is 1. The molecule has 0 fully saturated rings. The summed E-state index contributed by atoms with van der Waals surface area (Å²) in [6, 6.07) is 16.0. The van der Waals surface area contributed by atoms with Crippen LogP contribution in [0.4, 0.5) is 5.69 Å². The second kappa shape index (κ2) is 15.0. The summed E-state index contributed by atoms with van der Waals surface area (Å²) in [6.45, 7) is 5.57. The fourth-order valence-corrected chi connectivity index (χ4v) is 6.05. The minimum absolute atomic E-state index is 0.000366. The number of amides is 2. The molecule has 12 heteroatoms. The summed E-state index contributed by atoms with van der Waals surface area (Å²) in [5.41, 5.74) is 0.860. The first kappa shape index (κ1) is 33.5. The Morgan fingerprint density at radius 2 is 1.57 bits per heavy atom. The van der Waals surface area contributed by atoms with Crippen LogP contribution in [-0.4, -0.2) is 51.4 Å². The number of carbonyl (C=O) groups excluding carboxylic acids is 2. The first-order valence-corrected chi connectivity index (χ1v) is 15.9. The number of ether oxygens (including phenoxy) is 1. The minimum atomic E-state index is -4.23. The van der Waals surface area contributed by atoms with Gasteiger partial charge in [-0.25, -0.2) is 8.42 Å². The van der Waals surface area contributed by atoms with Gasteiger partial charge in [0.2, 0.25) is 11.8 Å². The zero-order valence-corrected chi connectivity index (χ0v) is 26.9. The third kappa shape index (κ3) is 8.53. The average molecular weight is 655 g/mol. The Hall–Kier alpha value is -2.98. The molecule has 42 heavy (non-hydrogen) atoms. The molecule has 0 aromatic heterocycles. The number of sulfonamides is 1. The summed E-state index contributed by atoms with van der Waals surface area (Å²) in [6.07, 6.45) is 0.295. The van der Waals surface area contributed by atoms with Crippen molar-refractivity contribution in [3.63, 3.8) is 0 Å². The van der Waals surface area contributed by atoms with Gasteiger partial charge in [-0.05, 0) is 78.6 Å². The molecule has 0 unspecified atom stereocenters. The number of hydrogen-bond acceptors (Lipinski definition) is 5. The zero-order chi connectivity index (χ0) is 31.0. The second-order valence-electron chi connectivity index (χ2n) is 10.00. The number of anilines is 1. The average Bonchev–Trinajstić information content (AvgIpc) is 2.96. The largest absolute Gasteiger partial charge is 0.497 e. The van der Waals surface area contributed by atoms with Crippen LogP contribution in [0.3, 0.4) is 0 Å². The number of nitrogens with zero attached hydrogens (tertiary/aromatic N) is 2. The SMILES string of the molecule is CC[C@@H](C(=O)NCC(C)C)N(Cc1ccc(Cl)c(Cl)c1)C(=O)CN(c1ccc(Cl)cc1)S(=O)(=O)c1ccc(OC)cc1. The molecule has 0 aliphatic rings. The number of carbonyl (C=O) groups is 2. The second-order valence-corrected chi connectivity index (χ2v) is 13.1. The van der Waals surface area contributed by atoms with E-state index in [0.717, 1.165) is 4.31 Å². The summed E-state index contributed by atoms with van der Waals surface area (Å²) in [5, 5.41) is 3.94.